The second-order valence-corrected chi connectivity index (χ2v) is 8.32. The van der Waals surface area contributed by atoms with Crippen molar-refractivity contribution in [2.24, 2.45) is 0 Å². The average Bonchev–Trinajstić information content (AvgIpc) is 3.11. The van der Waals surface area contributed by atoms with Crippen molar-refractivity contribution in [3.05, 3.63) is 74.7 Å². The summed E-state index contributed by atoms with van der Waals surface area (Å²) in [6, 6.07) is 13.5. The van der Waals surface area contributed by atoms with E-state index in [1.165, 1.54) is 11.8 Å². The number of thiocarbonyl (C=S) groups is 1. The zero-order valence-electron chi connectivity index (χ0n) is 13.3. The zero-order valence-corrected chi connectivity index (χ0v) is 16.5. The van der Waals surface area contributed by atoms with E-state index in [9.17, 15) is 4.79 Å². The van der Waals surface area contributed by atoms with Gasteiger partial charge in [0.15, 0.2) is 0 Å². The van der Waals surface area contributed by atoms with E-state index in [4.69, 9.17) is 35.4 Å². The van der Waals surface area contributed by atoms with Gasteiger partial charge in [-0.1, -0.05) is 71.4 Å². The van der Waals surface area contributed by atoms with E-state index >= 15 is 0 Å². The number of fused-ring (bicyclic) bond motifs is 1. The molecule has 0 atom stereocenters. The van der Waals surface area contributed by atoms with E-state index in [2.05, 4.69) is 9.88 Å². The number of hydrogen-bond donors (Lipinski definition) is 1. The molecule has 1 aliphatic rings. The van der Waals surface area contributed by atoms with Gasteiger partial charge in [0.2, 0.25) is 0 Å². The third-order valence-electron chi connectivity index (χ3n) is 4.14. The minimum absolute atomic E-state index is 0.161. The van der Waals surface area contributed by atoms with Crippen LogP contribution in [-0.4, -0.2) is 14.8 Å². The molecule has 0 aliphatic carbocycles. The number of nitrogens with zero attached hydrogens (tertiary/aromatic N) is 1. The number of carbonyl (C=O) groups excluding carboxylic acids is 1. The van der Waals surface area contributed by atoms with Crippen molar-refractivity contribution in [1.82, 2.24) is 9.88 Å². The molecule has 7 heteroatoms. The Morgan fingerprint density at radius 3 is 2.54 bits per heavy atom. The molecule has 0 bridgehead atoms. The number of rotatable bonds is 3. The lowest BCUT2D eigenvalue weighted by molar-refractivity contribution is -0.115. The van der Waals surface area contributed by atoms with Crippen LogP contribution in [-0.2, 0) is 11.3 Å². The third-order valence-corrected chi connectivity index (χ3v) is 6.01. The van der Waals surface area contributed by atoms with E-state index in [1.807, 2.05) is 54.7 Å². The molecule has 2 heterocycles. The SMILES string of the molecule is O=C1NC(=S)SC1=Cc1cn(Cc2c(Cl)cccc2Cl)c2ccccc12. The number of carbonyl (C=O) groups is 1. The van der Waals surface area contributed by atoms with Crippen LogP contribution in [0.1, 0.15) is 11.1 Å². The van der Waals surface area contributed by atoms with Crippen LogP contribution in [0, 0.1) is 0 Å². The first kappa shape index (κ1) is 17.6. The summed E-state index contributed by atoms with van der Waals surface area (Å²) in [5.74, 6) is -0.161. The van der Waals surface area contributed by atoms with Gasteiger partial charge >= 0.3 is 0 Å². The van der Waals surface area contributed by atoms with Gasteiger partial charge in [-0.15, -0.1) is 0 Å². The first-order valence-corrected chi connectivity index (χ1v) is 9.76. The normalized spacial score (nSPS) is 15.8. The highest BCUT2D eigenvalue weighted by Gasteiger charge is 2.22. The number of nitrogens with one attached hydrogen (secondary N) is 1. The van der Waals surface area contributed by atoms with Crippen molar-refractivity contribution >= 4 is 74.4 Å². The zero-order chi connectivity index (χ0) is 18.3. The van der Waals surface area contributed by atoms with E-state index in [-0.39, 0.29) is 5.91 Å². The second-order valence-electron chi connectivity index (χ2n) is 5.78. The van der Waals surface area contributed by atoms with Crippen LogP contribution in [0.4, 0.5) is 0 Å². The molecule has 1 amide bonds. The summed E-state index contributed by atoms with van der Waals surface area (Å²) in [5, 5.41) is 4.95. The van der Waals surface area contributed by atoms with Gasteiger partial charge in [0, 0.05) is 38.3 Å². The topological polar surface area (TPSA) is 34.0 Å². The fourth-order valence-corrected chi connectivity index (χ4v) is 4.49. The standard InChI is InChI=1S/C19H12Cl2N2OS2/c20-14-5-3-6-15(21)13(14)10-23-9-11(12-4-1-2-7-16(12)23)8-17-18(24)22-19(25)26-17/h1-9H,10H2,(H,22,24,25). The molecule has 1 N–H and O–H groups in total. The van der Waals surface area contributed by atoms with E-state index in [0.29, 0.717) is 25.8 Å². The Labute approximate surface area is 170 Å². The van der Waals surface area contributed by atoms with Gasteiger partial charge in [-0.25, -0.2) is 0 Å². The Kier molecular flexibility index (Phi) is 4.80. The molecule has 2 aromatic carbocycles. The summed E-state index contributed by atoms with van der Waals surface area (Å²) in [7, 11) is 0. The Balaban J connectivity index is 1.81. The summed E-state index contributed by atoms with van der Waals surface area (Å²) >= 11 is 19.0. The molecule has 0 unspecified atom stereocenters. The van der Waals surface area contributed by atoms with Crippen molar-refractivity contribution in [3.63, 3.8) is 0 Å². The van der Waals surface area contributed by atoms with E-state index < -0.39 is 0 Å². The quantitative estimate of drug-likeness (QED) is 0.451. The largest absolute Gasteiger partial charge is 0.342 e. The second kappa shape index (κ2) is 7.08. The maximum absolute atomic E-state index is 12.0. The fraction of sp³-hybridized carbons (Fsp3) is 0.0526. The summed E-state index contributed by atoms with van der Waals surface area (Å²) < 4.78 is 2.57. The van der Waals surface area contributed by atoms with Crippen molar-refractivity contribution < 1.29 is 4.79 Å². The number of amides is 1. The summed E-state index contributed by atoms with van der Waals surface area (Å²) in [6.07, 6.45) is 3.87. The average molecular weight is 419 g/mol. The molecule has 130 valence electrons. The number of aromatic nitrogens is 1. The highest BCUT2D eigenvalue weighted by Crippen LogP contribution is 2.32. The van der Waals surface area contributed by atoms with E-state index in [1.54, 1.807) is 0 Å². The maximum Gasteiger partial charge on any atom is 0.263 e. The first-order chi connectivity index (χ1) is 12.5. The molecular weight excluding hydrogens is 407 g/mol. The van der Waals surface area contributed by atoms with Crippen LogP contribution < -0.4 is 5.32 Å². The summed E-state index contributed by atoms with van der Waals surface area (Å²) in [6.45, 7) is 0.542. The van der Waals surface area contributed by atoms with Crippen LogP contribution in [0.2, 0.25) is 10.0 Å². The molecule has 26 heavy (non-hydrogen) atoms. The lowest BCUT2D eigenvalue weighted by Crippen LogP contribution is -2.17. The third kappa shape index (κ3) is 3.28. The molecule has 0 saturated carbocycles. The first-order valence-electron chi connectivity index (χ1n) is 7.78. The highest BCUT2D eigenvalue weighted by atomic mass is 35.5. The lowest BCUT2D eigenvalue weighted by Gasteiger charge is -2.09. The molecule has 4 rings (SSSR count). The van der Waals surface area contributed by atoms with Gasteiger partial charge in [-0.2, -0.15) is 0 Å². The number of para-hydroxylation sites is 1. The summed E-state index contributed by atoms with van der Waals surface area (Å²) in [4.78, 5) is 12.6. The van der Waals surface area contributed by atoms with Crippen LogP contribution >= 0.6 is 47.2 Å². The highest BCUT2D eigenvalue weighted by molar-refractivity contribution is 8.26. The Bertz CT molecular complexity index is 1070. The Morgan fingerprint density at radius 1 is 1.12 bits per heavy atom. The Morgan fingerprint density at radius 2 is 1.85 bits per heavy atom. The molecule has 3 nitrogen and oxygen atoms in total. The van der Waals surface area contributed by atoms with Crippen LogP contribution in [0.25, 0.3) is 17.0 Å². The number of halogens is 2. The molecular formula is C19H12Cl2N2OS2. The van der Waals surface area contributed by atoms with E-state index in [0.717, 1.165) is 22.0 Å². The molecule has 0 radical (unpaired) electrons. The Hall–Kier alpha value is -1.79. The van der Waals surface area contributed by atoms with Gasteiger partial charge in [0.25, 0.3) is 5.91 Å². The summed E-state index contributed by atoms with van der Waals surface area (Å²) in [5.41, 5.74) is 2.86. The van der Waals surface area contributed by atoms with Crippen molar-refractivity contribution in [1.29, 1.82) is 0 Å². The number of benzene rings is 2. The van der Waals surface area contributed by atoms with Gasteiger partial charge in [-0.3, -0.25) is 4.79 Å². The molecule has 1 fully saturated rings. The number of hydrogen-bond acceptors (Lipinski definition) is 3. The monoisotopic (exact) mass is 418 g/mol. The molecule has 1 aromatic heterocycles. The van der Waals surface area contributed by atoms with Crippen LogP contribution in [0.5, 0.6) is 0 Å². The molecule has 3 aromatic rings. The smallest absolute Gasteiger partial charge is 0.263 e. The minimum atomic E-state index is -0.161. The van der Waals surface area contributed by atoms with Gasteiger partial charge in [-0.05, 0) is 24.3 Å². The molecule has 1 aliphatic heterocycles. The number of thioether (sulfide) groups is 1. The minimum Gasteiger partial charge on any atom is -0.342 e. The van der Waals surface area contributed by atoms with Gasteiger partial charge in [0.05, 0.1) is 11.4 Å². The van der Waals surface area contributed by atoms with Gasteiger partial charge in [0.1, 0.15) is 4.32 Å². The fourth-order valence-electron chi connectivity index (χ4n) is 2.94. The van der Waals surface area contributed by atoms with Gasteiger partial charge < -0.3 is 9.88 Å². The van der Waals surface area contributed by atoms with Crippen molar-refractivity contribution in [3.8, 4) is 0 Å². The molecule has 0 spiro atoms. The predicted octanol–water partition coefficient (Wildman–Crippen LogP) is 5.49. The maximum atomic E-state index is 12.0. The molecule has 1 saturated heterocycles. The van der Waals surface area contributed by atoms with Crippen molar-refractivity contribution in [2.75, 3.05) is 0 Å². The predicted molar refractivity (Wildman–Crippen MR) is 114 cm³/mol. The van der Waals surface area contributed by atoms with Crippen molar-refractivity contribution in [2.45, 2.75) is 6.54 Å². The van der Waals surface area contributed by atoms with Crippen LogP contribution in [0.15, 0.2) is 53.6 Å². The van der Waals surface area contributed by atoms with Crippen LogP contribution in [0.3, 0.4) is 0 Å². The lowest BCUT2D eigenvalue weighted by atomic mass is 10.1.